The summed E-state index contributed by atoms with van der Waals surface area (Å²) in [5.41, 5.74) is 6.59. The van der Waals surface area contributed by atoms with Crippen LogP contribution in [0.4, 0.5) is 0 Å². The van der Waals surface area contributed by atoms with E-state index in [1.807, 2.05) is 18.2 Å². The van der Waals surface area contributed by atoms with E-state index in [0.29, 0.717) is 17.6 Å². The van der Waals surface area contributed by atoms with Gasteiger partial charge in [-0.1, -0.05) is 18.2 Å². The molecule has 2 heteroatoms. The van der Waals surface area contributed by atoms with Gasteiger partial charge in [-0.05, 0) is 36.4 Å². The monoisotopic (exact) mass is 163 g/mol. The predicted molar refractivity (Wildman–Crippen MR) is 48.0 cm³/mol. The molecule has 1 saturated carbocycles. The van der Waals surface area contributed by atoms with Gasteiger partial charge in [0.2, 0.25) is 0 Å². The van der Waals surface area contributed by atoms with Crippen molar-refractivity contribution in [1.29, 1.82) is 0 Å². The maximum absolute atomic E-state index is 9.49. The van der Waals surface area contributed by atoms with Crippen LogP contribution in [0.15, 0.2) is 24.3 Å². The van der Waals surface area contributed by atoms with Crippen LogP contribution in [0, 0.1) is 5.92 Å². The number of phenols is 1. The molecule has 0 aromatic heterocycles. The first-order valence-electron chi connectivity index (χ1n) is 4.31. The van der Waals surface area contributed by atoms with Gasteiger partial charge >= 0.3 is 0 Å². The van der Waals surface area contributed by atoms with Crippen molar-refractivity contribution in [2.75, 3.05) is 6.54 Å². The molecule has 2 nitrogen and oxygen atoms in total. The van der Waals surface area contributed by atoms with Crippen molar-refractivity contribution in [1.82, 2.24) is 0 Å². The topological polar surface area (TPSA) is 46.2 Å². The lowest BCUT2D eigenvalue weighted by Gasteiger charge is -2.01. The lowest BCUT2D eigenvalue weighted by molar-refractivity contribution is 0.467. The minimum atomic E-state index is 0.415. The van der Waals surface area contributed by atoms with Crippen LogP contribution in [-0.4, -0.2) is 11.7 Å². The lowest BCUT2D eigenvalue weighted by Crippen LogP contribution is -2.01. The molecule has 1 aliphatic carbocycles. The molecule has 0 amide bonds. The minimum absolute atomic E-state index is 0.415. The Morgan fingerprint density at radius 1 is 1.42 bits per heavy atom. The average molecular weight is 163 g/mol. The van der Waals surface area contributed by atoms with E-state index in [1.165, 1.54) is 0 Å². The minimum Gasteiger partial charge on any atom is -0.508 e. The molecule has 0 bridgehead atoms. The van der Waals surface area contributed by atoms with Gasteiger partial charge in [0.05, 0.1) is 0 Å². The Labute approximate surface area is 72.0 Å². The van der Waals surface area contributed by atoms with E-state index >= 15 is 0 Å². The highest BCUT2D eigenvalue weighted by Gasteiger charge is 2.38. The second-order valence-electron chi connectivity index (χ2n) is 3.40. The van der Waals surface area contributed by atoms with Crippen LogP contribution < -0.4 is 5.73 Å². The summed E-state index contributed by atoms with van der Waals surface area (Å²) < 4.78 is 0. The molecule has 0 saturated heterocycles. The first-order chi connectivity index (χ1) is 5.83. The van der Waals surface area contributed by atoms with Gasteiger partial charge < -0.3 is 10.8 Å². The smallest absolute Gasteiger partial charge is 0.119 e. The normalized spacial score (nSPS) is 27.1. The van der Waals surface area contributed by atoms with Gasteiger partial charge in [0.1, 0.15) is 5.75 Å². The Balaban J connectivity index is 2.19. The molecular formula is C10H13NO. The lowest BCUT2D eigenvalue weighted by atomic mass is 10.1. The van der Waals surface area contributed by atoms with E-state index in [4.69, 9.17) is 5.73 Å². The second-order valence-corrected chi connectivity index (χ2v) is 3.40. The van der Waals surface area contributed by atoms with Gasteiger partial charge in [0.15, 0.2) is 0 Å². The molecule has 2 atom stereocenters. The molecule has 64 valence electrons. The summed E-state index contributed by atoms with van der Waals surface area (Å²) in [6.45, 7) is 0.735. The van der Waals surface area contributed by atoms with Crippen LogP contribution in [0.2, 0.25) is 0 Å². The van der Waals surface area contributed by atoms with Gasteiger partial charge in [-0.15, -0.1) is 0 Å². The first kappa shape index (κ1) is 7.62. The van der Waals surface area contributed by atoms with E-state index in [9.17, 15) is 5.11 Å². The molecule has 0 radical (unpaired) electrons. The molecule has 0 aliphatic heterocycles. The highest BCUT2D eigenvalue weighted by atomic mass is 16.3. The number of phenolic OH excluding ortho intramolecular Hbond substituents is 1. The molecule has 0 unspecified atom stereocenters. The van der Waals surface area contributed by atoms with Gasteiger partial charge in [0.25, 0.3) is 0 Å². The number of para-hydroxylation sites is 1. The molecule has 0 heterocycles. The second kappa shape index (κ2) is 2.79. The molecule has 1 fully saturated rings. The van der Waals surface area contributed by atoms with Crippen molar-refractivity contribution in [3.05, 3.63) is 29.8 Å². The number of hydrogen-bond acceptors (Lipinski definition) is 2. The fraction of sp³-hybridized carbons (Fsp3) is 0.400. The van der Waals surface area contributed by atoms with Gasteiger partial charge in [-0.2, -0.15) is 0 Å². The summed E-state index contributed by atoms with van der Waals surface area (Å²) in [5, 5.41) is 9.49. The molecule has 12 heavy (non-hydrogen) atoms. The van der Waals surface area contributed by atoms with E-state index in [1.54, 1.807) is 6.07 Å². The largest absolute Gasteiger partial charge is 0.508 e. The van der Waals surface area contributed by atoms with Gasteiger partial charge in [-0.25, -0.2) is 0 Å². The number of nitrogens with two attached hydrogens (primary N) is 1. The standard InChI is InChI=1S/C10H13NO/c11-6-7-5-9(7)8-3-1-2-4-10(8)12/h1-4,7,9,12H,5-6,11H2/t7-,9+/m1/s1. The Kier molecular flexibility index (Phi) is 1.77. The molecule has 2 rings (SSSR count). The Morgan fingerprint density at radius 3 is 2.75 bits per heavy atom. The first-order valence-corrected chi connectivity index (χ1v) is 4.31. The zero-order chi connectivity index (χ0) is 8.55. The fourth-order valence-electron chi connectivity index (χ4n) is 1.69. The highest BCUT2D eigenvalue weighted by molar-refractivity contribution is 5.38. The predicted octanol–water partition coefficient (Wildman–Crippen LogP) is 1.45. The van der Waals surface area contributed by atoms with Crippen LogP contribution in [0.1, 0.15) is 17.9 Å². The number of hydrogen-bond donors (Lipinski definition) is 2. The third-order valence-electron chi connectivity index (χ3n) is 2.56. The van der Waals surface area contributed by atoms with E-state index < -0.39 is 0 Å². The van der Waals surface area contributed by atoms with E-state index in [0.717, 1.165) is 18.5 Å². The molecule has 1 aromatic carbocycles. The number of benzene rings is 1. The average Bonchev–Trinajstić information content (AvgIpc) is 2.84. The quantitative estimate of drug-likeness (QED) is 0.693. The summed E-state index contributed by atoms with van der Waals surface area (Å²) in [4.78, 5) is 0. The summed E-state index contributed by atoms with van der Waals surface area (Å²) in [7, 11) is 0. The van der Waals surface area contributed by atoms with Crippen molar-refractivity contribution in [3.8, 4) is 5.75 Å². The van der Waals surface area contributed by atoms with Crippen molar-refractivity contribution >= 4 is 0 Å². The van der Waals surface area contributed by atoms with Crippen LogP contribution in [0.25, 0.3) is 0 Å². The molecule has 3 N–H and O–H groups in total. The Bertz CT molecular complexity index is 285. The van der Waals surface area contributed by atoms with Crippen LogP contribution in [0.5, 0.6) is 5.75 Å². The summed E-state index contributed by atoms with van der Waals surface area (Å²) >= 11 is 0. The number of aromatic hydroxyl groups is 1. The van der Waals surface area contributed by atoms with Crippen molar-refractivity contribution < 1.29 is 5.11 Å². The zero-order valence-electron chi connectivity index (χ0n) is 6.90. The van der Waals surface area contributed by atoms with E-state index in [-0.39, 0.29) is 0 Å². The Hall–Kier alpha value is -1.02. The van der Waals surface area contributed by atoms with Crippen LogP contribution >= 0.6 is 0 Å². The third-order valence-corrected chi connectivity index (χ3v) is 2.56. The molecule has 1 aliphatic rings. The molecule has 0 spiro atoms. The maximum atomic E-state index is 9.49. The SMILES string of the molecule is NC[C@H]1C[C@@H]1c1ccccc1O. The Morgan fingerprint density at radius 2 is 2.17 bits per heavy atom. The molecule has 1 aromatic rings. The van der Waals surface area contributed by atoms with Crippen LogP contribution in [-0.2, 0) is 0 Å². The summed E-state index contributed by atoms with van der Waals surface area (Å²) in [6.07, 6.45) is 1.13. The fourth-order valence-corrected chi connectivity index (χ4v) is 1.69. The van der Waals surface area contributed by atoms with Crippen molar-refractivity contribution in [2.45, 2.75) is 12.3 Å². The van der Waals surface area contributed by atoms with Gasteiger partial charge in [0, 0.05) is 0 Å². The van der Waals surface area contributed by atoms with Crippen molar-refractivity contribution in [2.24, 2.45) is 11.7 Å². The van der Waals surface area contributed by atoms with E-state index in [2.05, 4.69) is 0 Å². The third kappa shape index (κ3) is 1.18. The summed E-state index contributed by atoms with van der Waals surface area (Å²) in [5.74, 6) is 1.52. The highest BCUT2D eigenvalue weighted by Crippen LogP contribution is 2.49. The maximum Gasteiger partial charge on any atom is 0.119 e. The van der Waals surface area contributed by atoms with Gasteiger partial charge in [-0.3, -0.25) is 0 Å². The number of rotatable bonds is 2. The summed E-state index contributed by atoms with van der Waals surface area (Å²) in [6, 6.07) is 7.52. The molecular weight excluding hydrogens is 150 g/mol. The zero-order valence-corrected chi connectivity index (χ0v) is 6.90. The van der Waals surface area contributed by atoms with Crippen molar-refractivity contribution in [3.63, 3.8) is 0 Å². The van der Waals surface area contributed by atoms with Crippen LogP contribution in [0.3, 0.4) is 0 Å².